The first-order valence-corrected chi connectivity index (χ1v) is 8.48. The smallest absolute Gasteiger partial charge is 0.241 e. The highest BCUT2D eigenvalue weighted by Gasteiger charge is 2.26. The minimum Gasteiger partial charge on any atom is -0.338 e. The molecule has 0 aliphatic carbocycles. The van der Waals surface area contributed by atoms with Gasteiger partial charge in [-0.25, -0.2) is 8.78 Å². The maximum absolute atomic E-state index is 13.6. The molecule has 0 radical (unpaired) electrons. The number of rotatable bonds is 4. The van der Waals surface area contributed by atoms with Crippen LogP contribution in [0, 0.1) is 11.6 Å². The topological polar surface area (TPSA) is 54.2 Å². The van der Waals surface area contributed by atoms with Gasteiger partial charge in [0.1, 0.15) is 11.6 Å². The van der Waals surface area contributed by atoms with Crippen molar-refractivity contribution >= 4 is 0 Å². The maximum atomic E-state index is 13.6. The third kappa shape index (κ3) is 3.63. The highest BCUT2D eigenvalue weighted by molar-refractivity contribution is 5.53. The van der Waals surface area contributed by atoms with Gasteiger partial charge in [-0.1, -0.05) is 17.3 Å². The molecular formula is C19H18F2N4O. The lowest BCUT2D eigenvalue weighted by atomic mass is 10.0. The summed E-state index contributed by atoms with van der Waals surface area (Å²) in [4.78, 5) is 6.60. The van der Waals surface area contributed by atoms with Gasteiger partial charge in [0.25, 0.3) is 0 Å². The minimum absolute atomic E-state index is 0.0284. The van der Waals surface area contributed by atoms with Crippen LogP contribution in [0.4, 0.5) is 8.78 Å². The minimum atomic E-state index is -0.309. The standard InChI is InChI=1S/C19H18F2N4O/c20-15-6-4-13(5-7-15)19-23-18(26-24-19)12-25-9-8-22-11-17(25)14-2-1-3-16(21)10-14/h1-7,10,17,22H,8-9,11-12H2. The Kier molecular flexibility index (Phi) is 4.73. The van der Waals surface area contributed by atoms with Crippen molar-refractivity contribution in [2.75, 3.05) is 19.6 Å². The van der Waals surface area contributed by atoms with E-state index in [2.05, 4.69) is 20.4 Å². The molecule has 1 aliphatic heterocycles. The predicted molar refractivity (Wildman–Crippen MR) is 92.1 cm³/mol. The molecule has 0 bridgehead atoms. The monoisotopic (exact) mass is 356 g/mol. The van der Waals surface area contributed by atoms with Gasteiger partial charge in [0, 0.05) is 31.2 Å². The third-order valence-corrected chi connectivity index (χ3v) is 4.50. The van der Waals surface area contributed by atoms with Gasteiger partial charge in [0.2, 0.25) is 11.7 Å². The molecule has 1 unspecified atom stereocenters. The van der Waals surface area contributed by atoms with Gasteiger partial charge in [-0.2, -0.15) is 4.98 Å². The second-order valence-corrected chi connectivity index (χ2v) is 6.26. The molecule has 3 aromatic rings. The molecule has 1 fully saturated rings. The number of nitrogens with one attached hydrogen (secondary N) is 1. The molecule has 26 heavy (non-hydrogen) atoms. The van der Waals surface area contributed by atoms with E-state index in [0.717, 1.165) is 25.2 Å². The van der Waals surface area contributed by atoms with Crippen LogP contribution >= 0.6 is 0 Å². The Hall–Kier alpha value is -2.64. The highest BCUT2D eigenvalue weighted by Crippen LogP contribution is 2.25. The molecule has 0 spiro atoms. The van der Waals surface area contributed by atoms with Crippen molar-refractivity contribution in [2.45, 2.75) is 12.6 Å². The van der Waals surface area contributed by atoms with E-state index in [1.54, 1.807) is 24.3 Å². The Morgan fingerprint density at radius 1 is 1.12 bits per heavy atom. The van der Waals surface area contributed by atoms with Crippen molar-refractivity contribution in [2.24, 2.45) is 0 Å². The highest BCUT2D eigenvalue weighted by atomic mass is 19.1. The molecule has 0 amide bonds. The molecule has 1 N–H and O–H groups in total. The van der Waals surface area contributed by atoms with Crippen molar-refractivity contribution in [3.8, 4) is 11.4 Å². The Labute approximate surface area is 149 Å². The Morgan fingerprint density at radius 3 is 2.77 bits per heavy atom. The number of piperazine rings is 1. The van der Waals surface area contributed by atoms with E-state index in [1.165, 1.54) is 18.2 Å². The summed E-state index contributed by atoms with van der Waals surface area (Å²) < 4.78 is 32.0. The zero-order valence-corrected chi connectivity index (χ0v) is 14.0. The van der Waals surface area contributed by atoms with Gasteiger partial charge in [0.05, 0.1) is 6.54 Å². The van der Waals surface area contributed by atoms with Crippen LogP contribution in [0.1, 0.15) is 17.5 Å². The normalized spacial score (nSPS) is 18.2. The lowest BCUT2D eigenvalue weighted by Crippen LogP contribution is -2.45. The summed E-state index contributed by atoms with van der Waals surface area (Å²) >= 11 is 0. The van der Waals surface area contributed by atoms with Gasteiger partial charge in [-0.15, -0.1) is 0 Å². The molecule has 7 heteroatoms. The largest absolute Gasteiger partial charge is 0.338 e. The molecule has 2 heterocycles. The summed E-state index contributed by atoms with van der Waals surface area (Å²) in [5.74, 6) is 0.352. The molecule has 1 saturated heterocycles. The lowest BCUT2D eigenvalue weighted by Gasteiger charge is -2.35. The summed E-state index contributed by atoms with van der Waals surface area (Å²) in [7, 11) is 0. The second-order valence-electron chi connectivity index (χ2n) is 6.26. The third-order valence-electron chi connectivity index (χ3n) is 4.50. The maximum Gasteiger partial charge on any atom is 0.241 e. The first-order valence-electron chi connectivity index (χ1n) is 8.48. The Balaban J connectivity index is 1.52. The molecule has 0 saturated carbocycles. The predicted octanol–water partition coefficient (Wildman–Crippen LogP) is 3.16. The zero-order valence-electron chi connectivity index (χ0n) is 14.0. The fourth-order valence-corrected chi connectivity index (χ4v) is 3.19. The van der Waals surface area contributed by atoms with E-state index in [1.807, 2.05) is 6.07 Å². The van der Waals surface area contributed by atoms with Gasteiger partial charge < -0.3 is 9.84 Å². The second kappa shape index (κ2) is 7.31. The number of hydrogen-bond acceptors (Lipinski definition) is 5. The summed E-state index contributed by atoms with van der Waals surface area (Å²) in [6.07, 6.45) is 0. The van der Waals surface area contributed by atoms with E-state index < -0.39 is 0 Å². The number of aromatic nitrogens is 2. The molecule has 1 aromatic heterocycles. The van der Waals surface area contributed by atoms with Gasteiger partial charge >= 0.3 is 0 Å². The first-order chi connectivity index (χ1) is 12.7. The molecule has 5 nitrogen and oxygen atoms in total. The van der Waals surface area contributed by atoms with Gasteiger partial charge in [0.15, 0.2) is 0 Å². The van der Waals surface area contributed by atoms with E-state index in [0.29, 0.717) is 23.8 Å². The SMILES string of the molecule is Fc1ccc(-c2noc(CN3CCNCC3c3cccc(F)c3)n2)cc1. The summed E-state index contributed by atoms with van der Waals surface area (Å²) in [5.41, 5.74) is 1.61. The van der Waals surface area contributed by atoms with Gasteiger partial charge in [-0.3, -0.25) is 4.90 Å². The Bertz CT molecular complexity index is 881. The number of nitrogens with zero attached hydrogens (tertiary/aromatic N) is 3. The van der Waals surface area contributed by atoms with Crippen LogP contribution in [0.15, 0.2) is 53.1 Å². The fraction of sp³-hybridized carbons (Fsp3) is 0.263. The van der Waals surface area contributed by atoms with Crippen molar-refractivity contribution in [3.05, 3.63) is 71.6 Å². The number of benzene rings is 2. The molecule has 4 rings (SSSR count). The molecule has 1 aliphatic rings. The van der Waals surface area contributed by atoms with E-state index in [4.69, 9.17) is 4.52 Å². The van der Waals surface area contributed by atoms with Crippen LogP contribution in [0.2, 0.25) is 0 Å². The molecular weight excluding hydrogens is 338 g/mol. The average Bonchev–Trinajstić information content (AvgIpc) is 3.11. The lowest BCUT2D eigenvalue weighted by molar-refractivity contribution is 0.135. The number of halogens is 2. The van der Waals surface area contributed by atoms with Gasteiger partial charge in [-0.05, 0) is 42.0 Å². The van der Waals surface area contributed by atoms with Crippen molar-refractivity contribution < 1.29 is 13.3 Å². The molecule has 2 aromatic carbocycles. The van der Waals surface area contributed by atoms with E-state index >= 15 is 0 Å². The summed E-state index contributed by atoms with van der Waals surface area (Å²) in [6.45, 7) is 2.82. The van der Waals surface area contributed by atoms with Crippen LogP contribution in [0.3, 0.4) is 0 Å². The van der Waals surface area contributed by atoms with Crippen molar-refractivity contribution in [3.63, 3.8) is 0 Å². The summed E-state index contributed by atoms with van der Waals surface area (Å²) in [6, 6.07) is 12.6. The first kappa shape index (κ1) is 16.8. The Morgan fingerprint density at radius 2 is 1.96 bits per heavy atom. The van der Waals surface area contributed by atoms with Crippen LogP contribution in [0.5, 0.6) is 0 Å². The van der Waals surface area contributed by atoms with Crippen LogP contribution in [-0.4, -0.2) is 34.7 Å². The quantitative estimate of drug-likeness (QED) is 0.778. The van der Waals surface area contributed by atoms with Crippen LogP contribution < -0.4 is 5.32 Å². The van der Waals surface area contributed by atoms with Crippen molar-refractivity contribution in [1.29, 1.82) is 0 Å². The van der Waals surface area contributed by atoms with E-state index in [-0.39, 0.29) is 17.7 Å². The number of hydrogen-bond donors (Lipinski definition) is 1. The van der Waals surface area contributed by atoms with E-state index in [9.17, 15) is 8.78 Å². The van der Waals surface area contributed by atoms with Crippen LogP contribution in [0.25, 0.3) is 11.4 Å². The molecule has 134 valence electrons. The van der Waals surface area contributed by atoms with Crippen molar-refractivity contribution in [1.82, 2.24) is 20.4 Å². The summed E-state index contributed by atoms with van der Waals surface area (Å²) in [5, 5.41) is 7.32. The molecule has 1 atom stereocenters. The zero-order chi connectivity index (χ0) is 17.9. The van der Waals surface area contributed by atoms with Crippen LogP contribution in [-0.2, 0) is 6.54 Å². The fourth-order valence-electron chi connectivity index (χ4n) is 3.19. The average molecular weight is 356 g/mol.